The number of nitrogens with one attached hydrogen (secondary N) is 1. The molecule has 0 saturated carbocycles. The molecule has 0 spiro atoms. The van der Waals surface area contributed by atoms with E-state index in [0.29, 0.717) is 27.6 Å². The minimum absolute atomic E-state index is 0.353. The Kier molecular flexibility index (Phi) is 4.87. The topological polar surface area (TPSA) is 61.9 Å². The molecule has 0 atom stereocenters. The molecule has 4 nitrogen and oxygen atoms in total. The van der Waals surface area contributed by atoms with E-state index in [1.807, 2.05) is 24.3 Å². The van der Waals surface area contributed by atoms with Crippen molar-refractivity contribution in [2.75, 3.05) is 5.32 Å². The SMILES string of the molecule is Cc1ccc(N/C=C/c2onc(-c3ccccc3Cl)c2C#N)cc1C. The van der Waals surface area contributed by atoms with Crippen LogP contribution in [-0.4, -0.2) is 5.16 Å². The molecule has 0 bridgehead atoms. The van der Waals surface area contributed by atoms with Gasteiger partial charge in [0, 0.05) is 23.5 Å². The summed E-state index contributed by atoms with van der Waals surface area (Å²) in [6.45, 7) is 4.13. The summed E-state index contributed by atoms with van der Waals surface area (Å²) >= 11 is 6.19. The zero-order valence-electron chi connectivity index (χ0n) is 13.9. The molecule has 1 heterocycles. The third-order valence-electron chi connectivity index (χ3n) is 3.95. The van der Waals surface area contributed by atoms with Crippen molar-refractivity contribution in [1.82, 2.24) is 5.16 Å². The highest BCUT2D eigenvalue weighted by molar-refractivity contribution is 6.33. The van der Waals surface area contributed by atoms with Crippen LogP contribution in [-0.2, 0) is 0 Å². The number of benzene rings is 2. The first-order valence-electron chi connectivity index (χ1n) is 7.75. The second kappa shape index (κ2) is 7.25. The number of halogens is 1. The Hall–Kier alpha value is -3.03. The lowest BCUT2D eigenvalue weighted by atomic mass is 10.1. The molecule has 1 aromatic heterocycles. The van der Waals surface area contributed by atoms with E-state index in [2.05, 4.69) is 42.5 Å². The highest BCUT2D eigenvalue weighted by Gasteiger charge is 2.17. The van der Waals surface area contributed by atoms with Crippen LogP contribution in [0.15, 0.2) is 53.2 Å². The van der Waals surface area contributed by atoms with Crippen LogP contribution in [0.1, 0.15) is 22.5 Å². The highest BCUT2D eigenvalue weighted by atomic mass is 35.5. The summed E-state index contributed by atoms with van der Waals surface area (Å²) in [5.74, 6) is 0.383. The molecule has 3 aromatic rings. The number of aryl methyl sites for hydroxylation is 2. The standard InChI is InChI=1S/C20H16ClN3O/c1-13-7-8-15(11-14(13)2)23-10-9-19-17(12-22)20(24-25-19)16-5-3-4-6-18(16)21/h3-11,23H,1-2H3/b10-9+. The fourth-order valence-corrected chi connectivity index (χ4v) is 2.63. The lowest BCUT2D eigenvalue weighted by Gasteiger charge is -2.04. The number of nitrogens with zero attached hydrogens (tertiary/aromatic N) is 2. The molecule has 5 heteroatoms. The van der Waals surface area contributed by atoms with Crippen molar-refractivity contribution < 1.29 is 4.52 Å². The molecule has 2 aromatic carbocycles. The van der Waals surface area contributed by atoms with E-state index in [0.717, 1.165) is 5.69 Å². The van der Waals surface area contributed by atoms with Crippen molar-refractivity contribution in [3.63, 3.8) is 0 Å². The molecule has 0 fully saturated rings. The fraction of sp³-hybridized carbons (Fsp3) is 0.100. The van der Waals surface area contributed by atoms with Crippen molar-refractivity contribution in [3.8, 4) is 17.3 Å². The minimum Gasteiger partial charge on any atom is -0.362 e. The summed E-state index contributed by atoms with van der Waals surface area (Å²) in [6.07, 6.45) is 3.41. The predicted molar refractivity (Wildman–Crippen MR) is 100 cm³/mol. The summed E-state index contributed by atoms with van der Waals surface area (Å²) in [6, 6.07) is 15.5. The number of nitriles is 1. The molecule has 0 radical (unpaired) electrons. The fourth-order valence-electron chi connectivity index (χ4n) is 2.41. The van der Waals surface area contributed by atoms with Crippen molar-refractivity contribution in [2.45, 2.75) is 13.8 Å². The van der Waals surface area contributed by atoms with E-state index in [1.54, 1.807) is 18.3 Å². The molecule has 25 heavy (non-hydrogen) atoms. The average Bonchev–Trinajstić information content (AvgIpc) is 3.01. The van der Waals surface area contributed by atoms with Crippen LogP contribution in [0.3, 0.4) is 0 Å². The first kappa shape index (κ1) is 16.8. The van der Waals surface area contributed by atoms with Crippen molar-refractivity contribution in [2.24, 2.45) is 0 Å². The third-order valence-corrected chi connectivity index (χ3v) is 4.28. The normalized spacial score (nSPS) is 10.8. The summed E-state index contributed by atoms with van der Waals surface area (Å²) in [5, 5.41) is 17.2. The molecule has 0 amide bonds. The van der Waals surface area contributed by atoms with E-state index in [1.165, 1.54) is 11.1 Å². The molecule has 0 unspecified atom stereocenters. The van der Waals surface area contributed by atoms with E-state index in [9.17, 15) is 5.26 Å². The molecule has 3 rings (SSSR count). The van der Waals surface area contributed by atoms with Gasteiger partial charge in [0.05, 0.1) is 5.02 Å². The Morgan fingerprint density at radius 3 is 2.68 bits per heavy atom. The van der Waals surface area contributed by atoms with Crippen LogP contribution < -0.4 is 5.32 Å². The van der Waals surface area contributed by atoms with E-state index in [-0.39, 0.29) is 0 Å². The second-order valence-electron chi connectivity index (χ2n) is 5.64. The molecule has 0 saturated heterocycles. The van der Waals surface area contributed by atoms with Gasteiger partial charge < -0.3 is 9.84 Å². The van der Waals surface area contributed by atoms with Gasteiger partial charge in [-0.3, -0.25) is 0 Å². The Labute approximate surface area is 151 Å². The number of hydrogen-bond donors (Lipinski definition) is 1. The molecular weight excluding hydrogens is 334 g/mol. The average molecular weight is 350 g/mol. The van der Waals surface area contributed by atoms with Gasteiger partial charge in [-0.05, 0) is 43.2 Å². The third kappa shape index (κ3) is 3.57. The molecular formula is C20H16ClN3O. The highest BCUT2D eigenvalue weighted by Crippen LogP contribution is 2.31. The van der Waals surface area contributed by atoms with Crippen LogP contribution in [0.2, 0.25) is 5.02 Å². The van der Waals surface area contributed by atoms with Crippen LogP contribution >= 0.6 is 11.6 Å². The maximum atomic E-state index is 9.48. The summed E-state index contributed by atoms with van der Waals surface area (Å²) in [5.41, 5.74) is 4.87. The summed E-state index contributed by atoms with van der Waals surface area (Å²) in [7, 11) is 0. The van der Waals surface area contributed by atoms with Gasteiger partial charge in [-0.1, -0.05) is 41.0 Å². The van der Waals surface area contributed by atoms with Crippen LogP contribution in [0, 0.1) is 25.2 Å². The maximum absolute atomic E-state index is 9.48. The number of aromatic nitrogens is 1. The monoisotopic (exact) mass is 349 g/mol. The quantitative estimate of drug-likeness (QED) is 0.669. The van der Waals surface area contributed by atoms with Gasteiger partial charge in [-0.15, -0.1) is 0 Å². The molecule has 0 aliphatic carbocycles. The lowest BCUT2D eigenvalue weighted by Crippen LogP contribution is -1.89. The van der Waals surface area contributed by atoms with Crippen LogP contribution in [0.25, 0.3) is 17.3 Å². The number of hydrogen-bond acceptors (Lipinski definition) is 4. The van der Waals surface area contributed by atoms with Gasteiger partial charge >= 0.3 is 0 Å². The second-order valence-corrected chi connectivity index (χ2v) is 6.05. The van der Waals surface area contributed by atoms with E-state index in [4.69, 9.17) is 16.1 Å². The number of rotatable bonds is 4. The smallest absolute Gasteiger partial charge is 0.179 e. The number of anilines is 1. The minimum atomic E-state index is 0.353. The molecule has 0 aliphatic heterocycles. The van der Waals surface area contributed by atoms with Gasteiger partial charge in [-0.2, -0.15) is 5.26 Å². The van der Waals surface area contributed by atoms with Crippen molar-refractivity contribution >= 4 is 23.4 Å². The van der Waals surface area contributed by atoms with Gasteiger partial charge in [0.1, 0.15) is 17.3 Å². The Morgan fingerprint density at radius 2 is 1.96 bits per heavy atom. The Bertz CT molecular complexity index is 983. The van der Waals surface area contributed by atoms with Gasteiger partial charge in [0.15, 0.2) is 5.76 Å². The van der Waals surface area contributed by atoms with Crippen molar-refractivity contribution in [3.05, 3.63) is 76.1 Å². The van der Waals surface area contributed by atoms with Crippen LogP contribution in [0.5, 0.6) is 0 Å². The molecule has 1 N–H and O–H groups in total. The zero-order valence-corrected chi connectivity index (χ0v) is 14.6. The lowest BCUT2D eigenvalue weighted by molar-refractivity contribution is 0.415. The maximum Gasteiger partial charge on any atom is 0.179 e. The zero-order chi connectivity index (χ0) is 17.8. The van der Waals surface area contributed by atoms with Crippen LogP contribution in [0.4, 0.5) is 5.69 Å². The molecule has 124 valence electrons. The Morgan fingerprint density at radius 1 is 1.16 bits per heavy atom. The summed E-state index contributed by atoms with van der Waals surface area (Å²) < 4.78 is 5.32. The Balaban J connectivity index is 1.85. The van der Waals surface area contributed by atoms with E-state index < -0.39 is 0 Å². The van der Waals surface area contributed by atoms with Gasteiger partial charge in [0.2, 0.25) is 0 Å². The first-order valence-corrected chi connectivity index (χ1v) is 8.13. The molecule has 0 aliphatic rings. The predicted octanol–water partition coefficient (Wildman–Crippen LogP) is 5.57. The first-order chi connectivity index (χ1) is 12.1. The van der Waals surface area contributed by atoms with E-state index >= 15 is 0 Å². The summed E-state index contributed by atoms with van der Waals surface area (Å²) in [4.78, 5) is 0. The van der Waals surface area contributed by atoms with Crippen molar-refractivity contribution in [1.29, 1.82) is 5.26 Å². The van der Waals surface area contributed by atoms with Gasteiger partial charge in [0.25, 0.3) is 0 Å². The largest absolute Gasteiger partial charge is 0.362 e. The van der Waals surface area contributed by atoms with Gasteiger partial charge in [-0.25, -0.2) is 0 Å².